The highest BCUT2D eigenvalue weighted by molar-refractivity contribution is 6.00. The molecule has 0 bridgehead atoms. The molecule has 0 spiro atoms. The average molecular weight is 468 g/mol. The van der Waals surface area contributed by atoms with Crippen LogP contribution in [0, 0.1) is 5.92 Å². The van der Waals surface area contributed by atoms with E-state index in [-0.39, 0.29) is 30.8 Å². The summed E-state index contributed by atoms with van der Waals surface area (Å²) in [6, 6.07) is 6.27. The van der Waals surface area contributed by atoms with Gasteiger partial charge in [0.25, 0.3) is 5.91 Å². The molecule has 0 radical (unpaired) electrons. The van der Waals surface area contributed by atoms with Crippen molar-refractivity contribution in [3.63, 3.8) is 0 Å². The maximum absolute atomic E-state index is 13.2. The first kappa shape index (κ1) is 23.5. The smallest absolute Gasteiger partial charge is 0.251 e. The van der Waals surface area contributed by atoms with Gasteiger partial charge in [0.2, 0.25) is 5.91 Å². The van der Waals surface area contributed by atoms with E-state index in [0.29, 0.717) is 34.8 Å². The zero-order chi connectivity index (χ0) is 24.5. The molecule has 1 atom stereocenters. The van der Waals surface area contributed by atoms with Gasteiger partial charge in [0, 0.05) is 18.3 Å². The van der Waals surface area contributed by atoms with Gasteiger partial charge in [-0.3, -0.25) is 14.3 Å². The molecule has 34 heavy (non-hydrogen) atoms. The zero-order valence-corrected chi connectivity index (χ0v) is 19.7. The van der Waals surface area contributed by atoms with E-state index in [2.05, 4.69) is 15.4 Å². The van der Waals surface area contributed by atoms with Crippen LogP contribution in [0.5, 0.6) is 5.75 Å². The second-order valence-corrected chi connectivity index (χ2v) is 9.48. The lowest BCUT2D eigenvalue weighted by atomic mass is 10.0. The number of fused-ring (bicyclic) bond motifs is 1. The van der Waals surface area contributed by atoms with Crippen LogP contribution in [0.2, 0.25) is 0 Å². The molecule has 0 saturated carbocycles. The van der Waals surface area contributed by atoms with E-state index in [9.17, 15) is 14.7 Å². The van der Waals surface area contributed by atoms with Crippen molar-refractivity contribution < 1.29 is 23.8 Å². The summed E-state index contributed by atoms with van der Waals surface area (Å²) in [5.41, 5.74) is 0.209. The van der Waals surface area contributed by atoms with Gasteiger partial charge in [-0.25, -0.2) is 4.98 Å². The number of benzene rings is 1. The Morgan fingerprint density at radius 1 is 1.32 bits per heavy atom. The van der Waals surface area contributed by atoms with Gasteiger partial charge in [-0.15, -0.1) is 0 Å². The SMILES string of the molecule is CC(C)C[C@@H](C(=O)Nc1ccn(CC(C)(C)O)n1)N1CC(Oc2cccc3ocnc23)=CC1=O. The maximum atomic E-state index is 13.2. The number of aromatic nitrogens is 3. The lowest BCUT2D eigenvalue weighted by Gasteiger charge is -2.28. The van der Waals surface area contributed by atoms with Gasteiger partial charge in [-0.1, -0.05) is 19.9 Å². The predicted octanol–water partition coefficient (Wildman–Crippen LogP) is 2.95. The number of aliphatic hydroxyl groups is 1. The van der Waals surface area contributed by atoms with Gasteiger partial charge in [0.1, 0.15) is 11.8 Å². The van der Waals surface area contributed by atoms with Gasteiger partial charge in [-0.05, 0) is 38.3 Å². The highest BCUT2D eigenvalue weighted by Crippen LogP contribution is 2.28. The molecule has 1 aliphatic rings. The van der Waals surface area contributed by atoms with Crippen LogP contribution in [0.4, 0.5) is 5.82 Å². The molecule has 0 unspecified atom stereocenters. The van der Waals surface area contributed by atoms with Crippen LogP contribution in [0.1, 0.15) is 34.1 Å². The molecule has 10 heteroatoms. The van der Waals surface area contributed by atoms with Crippen LogP contribution < -0.4 is 10.1 Å². The molecule has 3 heterocycles. The summed E-state index contributed by atoms with van der Waals surface area (Å²) in [7, 11) is 0. The molecule has 2 aromatic heterocycles. The molecule has 2 N–H and O–H groups in total. The molecule has 180 valence electrons. The molecule has 0 aliphatic carbocycles. The number of rotatable bonds is 9. The van der Waals surface area contributed by atoms with Gasteiger partial charge < -0.3 is 24.5 Å². The number of amides is 2. The fourth-order valence-corrected chi connectivity index (χ4v) is 3.87. The Labute approximate surface area is 197 Å². The Balaban J connectivity index is 1.46. The van der Waals surface area contributed by atoms with Crippen molar-refractivity contribution >= 4 is 28.7 Å². The van der Waals surface area contributed by atoms with E-state index in [0.717, 1.165) is 0 Å². The number of carbonyl (C=O) groups excluding carboxylic acids is 2. The van der Waals surface area contributed by atoms with Crippen LogP contribution in [-0.4, -0.2) is 54.8 Å². The zero-order valence-electron chi connectivity index (χ0n) is 19.7. The largest absolute Gasteiger partial charge is 0.457 e. The third-order valence-electron chi connectivity index (χ3n) is 5.27. The molecule has 1 aromatic carbocycles. The molecular weight excluding hydrogens is 438 g/mol. The van der Waals surface area contributed by atoms with Crippen LogP contribution in [0.25, 0.3) is 11.1 Å². The first-order valence-corrected chi connectivity index (χ1v) is 11.2. The van der Waals surface area contributed by atoms with Crippen LogP contribution in [0.3, 0.4) is 0 Å². The van der Waals surface area contributed by atoms with E-state index >= 15 is 0 Å². The second kappa shape index (κ2) is 9.30. The molecule has 1 aliphatic heterocycles. The van der Waals surface area contributed by atoms with Gasteiger partial charge >= 0.3 is 0 Å². The number of nitrogens with one attached hydrogen (secondary N) is 1. The topological polar surface area (TPSA) is 123 Å². The predicted molar refractivity (Wildman–Crippen MR) is 125 cm³/mol. The quantitative estimate of drug-likeness (QED) is 0.496. The molecule has 2 amide bonds. The Morgan fingerprint density at radius 2 is 2.12 bits per heavy atom. The van der Waals surface area contributed by atoms with E-state index in [1.165, 1.54) is 17.4 Å². The Morgan fingerprint density at radius 3 is 2.85 bits per heavy atom. The third-order valence-corrected chi connectivity index (χ3v) is 5.27. The summed E-state index contributed by atoms with van der Waals surface area (Å²) < 4.78 is 12.8. The van der Waals surface area contributed by atoms with Gasteiger partial charge in [-0.2, -0.15) is 5.10 Å². The Hall–Kier alpha value is -3.66. The van der Waals surface area contributed by atoms with E-state index < -0.39 is 11.6 Å². The lowest BCUT2D eigenvalue weighted by molar-refractivity contribution is -0.133. The normalized spacial score (nSPS) is 15.2. The van der Waals surface area contributed by atoms with Crippen molar-refractivity contribution in [1.29, 1.82) is 0 Å². The number of hydrogen-bond donors (Lipinski definition) is 2. The third kappa shape index (κ3) is 5.45. The molecular formula is C24H29N5O5. The minimum absolute atomic E-state index is 0.158. The number of carbonyl (C=O) groups is 2. The van der Waals surface area contributed by atoms with Crippen molar-refractivity contribution in [1.82, 2.24) is 19.7 Å². The Bertz CT molecular complexity index is 1220. The van der Waals surface area contributed by atoms with Gasteiger partial charge in [0.15, 0.2) is 29.1 Å². The minimum Gasteiger partial charge on any atom is -0.457 e. The van der Waals surface area contributed by atoms with Crippen molar-refractivity contribution in [3.05, 3.63) is 48.7 Å². The number of nitrogens with zero attached hydrogens (tertiary/aromatic N) is 4. The van der Waals surface area contributed by atoms with Crippen LogP contribution in [0.15, 0.2) is 53.1 Å². The fraction of sp³-hybridized carbons (Fsp3) is 0.417. The van der Waals surface area contributed by atoms with E-state index in [1.807, 2.05) is 13.8 Å². The van der Waals surface area contributed by atoms with Crippen molar-refractivity contribution in [2.75, 3.05) is 11.9 Å². The summed E-state index contributed by atoms with van der Waals surface area (Å²) in [5.74, 6) is 0.812. The van der Waals surface area contributed by atoms with Crippen LogP contribution >= 0.6 is 0 Å². The minimum atomic E-state index is -0.937. The first-order chi connectivity index (χ1) is 16.1. The summed E-state index contributed by atoms with van der Waals surface area (Å²) in [6.45, 7) is 7.79. The molecule has 4 rings (SSSR count). The summed E-state index contributed by atoms with van der Waals surface area (Å²) in [6.07, 6.45) is 4.90. The van der Waals surface area contributed by atoms with E-state index in [1.54, 1.807) is 49.0 Å². The number of para-hydroxylation sites is 1. The number of ether oxygens (including phenoxy) is 1. The number of oxazole rings is 1. The fourth-order valence-electron chi connectivity index (χ4n) is 3.87. The number of anilines is 1. The monoisotopic (exact) mass is 467 g/mol. The standard InChI is InChI=1S/C24H29N5O5/c1-15(2)10-17(23(31)26-20-8-9-28(27-20)13-24(3,4)32)29-12-16(11-21(29)30)34-19-7-5-6-18-22(19)25-14-33-18/h5-9,11,14-15,17,32H,10,12-13H2,1-4H3,(H,26,27,31)/t17-/m0/s1. The van der Waals surface area contributed by atoms with E-state index in [4.69, 9.17) is 9.15 Å². The summed E-state index contributed by atoms with van der Waals surface area (Å²) in [4.78, 5) is 31.7. The highest BCUT2D eigenvalue weighted by atomic mass is 16.5. The summed E-state index contributed by atoms with van der Waals surface area (Å²) >= 11 is 0. The number of hydrogen-bond acceptors (Lipinski definition) is 7. The highest BCUT2D eigenvalue weighted by Gasteiger charge is 2.35. The molecule has 3 aromatic rings. The first-order valence-electron chi connectivity index (χ1n) is 11.2. The van der Waals surface area contributed by atoms with Crippen molar-refractivity contribution in [2.24, 2.45) is 5.92 Å². The second-order valence-electron chi connectivity index (χ2n) is 9.48. The lowest BCUT2D eigenvalue weighted by Crippen LogP contribution is -2.46. The van der Waals surface area contributed by atoms with Crippen molar-refractivity contribution in [2.45, 2.75) is 52.3 Å². The Kier molecular flexibility index (Phi) is 6.43. The molecule has 0 fully saturated rings. The van der Waals surface area contributed by atoms with Crippen molar-refractivity contribution in [3.8, 4) is 5.75 Å². The summed E-state index contributed by atoms with van der Waals surface area (Å²) in [5, 5.41) is 17.1. The maximum Gasteiger partial charge on any atom is 0.251 e. The average Bonchev–Trinajstić information content (AvgIpc) is 3.46. The molecule has 10 nitrogen and oxygen atoms in total. The van der Waals surface area contributed by atoms with Gasteiger partial charge in [0.05, 0.1) is 18.7 Å². The molecule has 0 saturated heterocycles. The van der Waals surface area contributed by atoms with Crippen LogP contribution in [-0.2, 0) is 16.1 Å².